The van der Waals surface area contributed by atoms with E-state index in [4.69, 9.17) is 4.74 Å². The number of ether oxygens (including phenoxy) is 1. The smallest absolute Gasteiger partial charge is 0.119 e. The first-order chi connectivity index (χ1) is 12.8. The van der Waals surface area contributed by atoms with Gasteiger partial charge in [-0.3, -0.25) is 0 Å². The van der Waals surface area contributed by atoms with Crippen LogP contribution in [0.5, 0.6) is 5.75 Å². The maximum absolute atomic E-state index is 9.40. The number of rotatable bonds is 4. The second-order valence-corrected chi connectivity index (χ2v) is 6.51. The van der Waals surface area contributed by atoms with Crippen LogP contribution in [-0.4, -0.2) is 25.2 Å². The zero-order valence-electron chi connectivity index (χ0n) is 14.9. The lowest BCUT2D eigenvalue weighted by Crippen LogP contribution is -2.36. The molecular weight excluding hydrogens is 322 g/mol. The standard InChI is InChI=1S/C22H21N3O/c1-26-19-7-4-6-17(14-19)16-24-12-5-13-25(24)22-11-10-18(15-23)20-8-2-3-9-21(20)22/h2-4,6-11,14H,5,12-13,16H2,1H3. The molecule has 3 aromatic rings. The Balaban J connectivity index is 1.69. The van der Waals surface area contributed by atoms with Crippen LogP contribution in [0.3, 0.4) is 0 Å². The quantitative estimate of drug-likeness (QED) is 0.706. The van der Waals surface area contributed by atoms with Gasteiger partial charge in [0, 0.05) is 30.4 Å². The summed E-state index contributed by atoms with van der Waals surface area (Å²) in [5.74, 6) is 0.886. The average molecular weight is 343 g/mol. The number of hydrogen-bond donors (Lipinski definition) is 0. The van der Waals surface area contributed by atoms with Crippen LogP contribution in [0, 0.1) is 11.3 Å². The van der Waals surface area contributed by atoms with Gasteiger partial charge >= 0.3 is 0 Å². The molecule has 0 unspecified atom stereocenters. The molecule has 4 nitrogen and oxygen atoms in total. The molecule has 0 bridgehead atoms. The molecule has 4 rings (SSSR count). The summed E-state index contributed by atoms with van der Waals surface area (Å²) in [5.41, 5.74) is 3.12. The number of nitriles is 1. The molecule has 0 spiro atoms. The molecule has 0 atom stereocenters. The second kappa shape index (κ2) is 7.07. The molecule has 0 aromatic heterocycles. The molecule has 0 amide bonds. The summed E-state index contributed by atoms with van der Waals surface area (Å²) in [4.78, 5) is 0. The van der Waals surface area contributed by atoms with E-state index < -0.39 is 0 Å². The Bertz CT molecular complexity index is 977. The third kappa shape index (κ3) is 2.98. The topological polar surface area (TPSA) is 39.5 Å². The van der Waals surface area contributed by atoms with Crippen LogP contribution in [0.25, 0.3) is 10.8 Å². The van der Waals surface area contributed by atoms with Crippen molar-refractivity contribution in [2.75, 3.05) is 25.2 Å². The minimum absolute atomic E-state index is 0.725. The monoisotopic (exact) mass is 343 g/mol. The fourth-order valence-corrected chi connectivity index (χ4v) is 3.69. The van der Waals surface area contributed by atoms with E-state index in [0.29, 0.717) is 0 Å². The first-order valence-corrected chi connectivity index (χ1v) is 8.87. The van der Waals surface area contributed by atoms with Gasteiger partial charge in [-0.1, -0.05) is 36.4 Å². The zero-order valence-corrected chi connectivity index (χ0v) is 14.9. The van der Waals surface area contributed by atoms with Gasteiger partial charge in [0.2, 0.25) is 0 Å². The lowest BCUT2D eigenvalue weighted by Gasteiger charge is -2.31. The predicted octanol–water partition coefficient (Wildman–Crippen LogP) is 4.35. The van der Waals surface area contributed by atoms with Crippen molar-refractivity contribution in [3.05, 3.63) is 71.8 Å². The maximum atomic E-state index is 9.40. The fraction of sp³-hybridized carbons (Fsp3) is 0.227. The predicted molar refractivity (Wildman–Crippen MR) is 104 cm³/mol. The molecule has 1 aliphatic heterocycles. The molecule has 0 aliphatic carbocycles. The lowest BCUT2D eigenvalue weighted by molar-refractivity contribution is 0.303. The van der Waals surface area contributed by atoms with Crippen molar-refractivity contribution in [2.45, 2.75) is 13.0 Å². The van der Waals surface area contributed by atoms with Gasteiger partial charge in [-0.15, -0.1) is 0 Å². The molecule has 1 saturated heterocycles. The van der Waals surface area contributed by atoms with Crippen molar-refractivity contribution in [2.24, 2.45) is 0 Å². The van der Waals surface area contributed by atoms with Crippen molar-refractivity contribution in [3.63, 3.8) is 0 Å². The van der Waals surface area contributed by atoms with E-state index in [1.54, 1.807) is 7.11 Å². The summed E-state index contributed by atoms with van der Waals surface area (Å²) in [6, 6.07) is 22.7. The minimum Gasteiger partial charge on any atom is -0.497 e. The van der Waals surface area contributed by atoms with Gasteiger partial charge in [0.15, 0.2) is 0 Å². The largest absolute Gasteiger partial charge is 0.497 e. The van der Waals surface area contributed by atoms with Gasteiger partial charge < -0.3 is 9.75 Å². The SMILES string of the molecule is COc1cccc(CN2CCCN2c2ccc(C#N)c3ccccc23)c1. The molecule has 1 heterocycles. The van der Waals surface area contributed by atoms with Gasteiger partial charge in [-0.2, -0.15) is 5.26 Å². The average Bonchev–Trinajstić information content (AvgIpc) is 3.15. The third-order valence-corrected chi connectivity index (χ3v) is 4.93. The number of hydrogen-bond acceptors (Lipinski definition) is 4. The van der Waals surface area contributed by atoms with Crippen molar-refractivity contribution < 1.29 is 4.74 Å². The number of anilines is 1. The molecular formula is C22H21N3O. The van der Waals surface area contributed by atoms with E-state index in [9.17, 15) is 5.26 Å². The third-order valence-electron chi connectivity index (χ3n) is 4.93. The van der Waals surface area contributed by atoms with E-state index in [2.05, 4.69) is 40.4 Å². The molecule has 0 N–H and O–H groups in total. The number of fused-ring (bicyclic) bond motifs is 1. The molecule has 3 aromatic carbocycles. The highest BCUT2D eigenvalue weighted by Gasteiger charge is 2.24. The lowest BCUT2D eigenvalue weighted by atomic mass is 10.0. The molecule has 0 radical (unpaired) electrons. The van der Waals surface area contributed by atoms with Gasteiger partial charge in [-0.25, -0.2) is 5.01 Å². The number of methoxy groups -OCH3 is 1. The van der Waals surface area contributed by atoms with Crippen molar-refractivity contribution in [1.82, 2.24) is 5.01 Å². The van der Waals surface area contributed by atoms with Crippen LogP contribution in [0.1, 0.15) is 17.5 Å². The minimum atomic E-state index is 0.725. The van der Waals surface area contributed by atoms with Crippen molar-refractivity contribution in [3.8, 4) is 11.8 Å². The van der Waals surface area contributed by atoms with E-state index >= 15 is 0 Å². The first-order valence-electron chi connectivity index (χ1n) is 8.87. The number of benzene rings is 3. The fourth-order valence-electron chi connectivity index (χ4n) is 3.69. The summed E-state index contributed by atoms with van der Waals surface area (Å²) in [6.45, 7) is 2.84. The Morgan fingerprint density at radius 2 is 1.85 bits per heavy atom. The molecule has 4 heteroatoms. The van der Waals surface area contributed by atoms with Crippen molar-refractivity contribution in [1.29, 1.82) is 5.26 Å². The van der Waals surface area contributed by atoms with Crippen LogP contribution in [0.2, 0.25) is 0 Å². The van der Waals surface area contributed by atoms with E-state index in [1.165, 1.54) is 11.3 Å². The van der Waals surface area contributed by atoms with Crippen LogP contribution < -0.4 is 9.75 Å². The summed E-state index contributed by atoms with van der Waals surface area (Å²) in [6.07, 6.45) is 1.12. The highest BCUT2D eigenvalue weighted by Crippen LogP contribution is 2.33. The van der Waals surface area contributed by atoms with E-state index in [1.807, 2.05) is 36.4 Å². The maximum Gasteiger partial charge on any atom is 0.119 e. The normalized spacial score (nSPS) is 14.5. The van der Waals surface area contributed by atoms with Crippen molar-refractivity contribution >= 4 is 16.5 Å². The zero-order chi connectivity index (χ0) is 17.9. The summed E-state index contributed by atoms with van der Waals surface area (Å²) >= 11 is 0. The van der Waals surface area contributed by atoms with Gasteiger partial charge in [0.25, 0.3) is 0 Å². The summed E-state index contributed by atoms with van der Waals surface area (Å²) in [5, 5.41) is 16.3. The van der Waals surface area contributed by atoms with Gasteiger partial charge in [0.1, 0.15) is 5.75 Å². The van der Waals surface area contributed by atoms with Crippen LogP contribution in [-0.2, 0) is 6.54 Å². The Morgan fingerprint density at radius 3 is 2.65 bits per heavy atom. The first kappa shape index (κ1) is 16.4. The Kier molecular flexibility index (Phi) is 4.47. The van der Waals surface area contributed by atoms with Gasteiger partial charge in [-0.05, 0) is 36.2 Å². The molecule has 130 valence electrons. The highest BCUT2D eigenvalue weighted by molar-refractivity contribution is 5.97. The van der Waals surface area contributed by atoms with E-state index in [-0.39, 0.29) is 0 Å². The summed E-state index contributed by atoms with van der Waals surface area (Å²) in [7, 11) is 1.70. The van der Waals surface area contributed by atoms with Crippen LogP contribution in [0.4, 0.5) is 5.69 Å². The van der Waals surface area contributed by atoms with Gasteiger partial charge in [0.05, 0.1) is 24.4 Å². The van der Waals surface area contributed by atoms with Crippen LogP contribution in [0.15, 0.2) is 60.7 Å². The molecule has 26 heavy (non-hydrogen) atoms. The molecule has 1 aliphatic rings. The Hall–Kier alpha value is -3.03. The highest BCUT2D eigenvalue weighted by atomic mass is 16.5. The Labute approximate surface area is 153 Å². The molecule has 0 saturated carbocycles. The van der Waals surface area contributed by atoms with E-state index in [0.717, 1.165) is 48.1 Å². The second-order valence-electron chi connectivity index (χ2n) is 6.51. The number of hydrazine groups is 1. The Morgan fingerprint density at radius 1 is 1.00 bits per heavy atom. The summed E-state index contributed by atoms with van der Waals surface area (Å²) < 4.78 is 5.35. The molecule has 1 fully saturated rings. The van der Waals surface area contributed by atoms with Crippen LogP contribution >= 0.6 is 0 Å². The number of nitrogens with zero attached hydrogens (tertiary/aromatic N) is 3.